The number of carbonyl (C=O) groups excluding carboxylic acids is 1. The van der Waals surface area contributed by atoms with Crippen LogP contribution in [-0.4, -0.2) is 168 Å². The SMILES string of the molecule is NC(=O)[C@H](O)[C@@H](O)[C@H](O)[C@H](O)CO[C@H]1O[C@H](CO[C@H]2O[C@H](CO)[C@@H](O)[C@H](O)[C@H]2O)[C@@H](O)[C@H](O)[C@H]1O. The second-order valence-corrected chi connectivity index (χ2v) is 8.27. The van der Waals surface area contributed by atoms with Crippen molar-refractivity contribution in [3.05, 3.63) is 0 Å². The summed E-state index contributed by atoms with van der Waals surface area (Å²) in [6.45, 7) is -2.19. The summed E-state index contributed by atoms with van der Waals surface area (Å²) in [6.07, 6.45) is -25.0. The fourth-order valence-electron chi connectivity index (χ4n) is 3.46. The van der Waals surface area contributed by atoms with Crippen molar-refractivity contribution < 1.29 is 79.9 Å². The number of primary amides is 1. The summed E-state index contributed by atoms with van der Waals surface area (Å²) in [6, 6.07) is 0. The van der Waals surface area contributed by atoms with Crippen LogP contribution in [0.15, 0.2) is 0 Å². The number of aliphatic hydroxyl groups is 11. The first kappa shape index (κ1) is 30.1. The van der Waals surface area contributed by atoms with Crippen molar-refractivity contribution in [1.82, 2.24) is 0 Å². The van der Waals surface area contributed by atoms with Crippen molar-refractivity contribution in [3.8, 4) is 0 Å². The highest BCUT2D eigenvalue weighted by molar-refractivity contribution is 5.79. The van der Waals surface area contributed by atoms with E-state index < -0.39 is 112 Å². The number of aliphatic hydroxyl groups excluding tert-OH is 11. The smallest absolute Gasteiger partial charge is 0.249 e. The predicted octanol–water partition coefficient (Wildman–Crippen LogP) is -8.44. The lowest BCUT2D eigenvalue weighted by molar-refractivity contribution is -0.333. The van der Waals surface area contributed by atoms with Gasteiger partial charge in [0.2, 0.25) is 5.91 Å². The van der Waals surface area contributed by atoms with Crippen molar-refractivity contribution >= 4 is 5.91 Å². The molecule has 2 fully saturated rings. The van der Waals surface area contributed by atoms with Crippen molar-refractivity contribution in [1.29, 1.82) is 0 Å². The molecule has 206 valence electrons. The fourth-order valence-corrected chi connectivity index (χ4v) is 3.46. The summed E-state index contributed by atoms with van der Waals surface area (Å²) in [5.41, 5.74) is 4.80. The van der Waals surface area contributed by atoms with Gasteiger partial charge in [0, 0.05) is 0 Å². The third-order valence-corrected chi connectivity index (χ3v) is 5.73. The summed E-state index contributed by atoms with van der Waals surface area (Å²) in [5, 5.41) is 108. The van der Waals surface area contributed by atoms with Gasteiger partial charge in [-0.3, -0.25) is 4.79 Å². The Morgan fingerprint density at radius 2 is 1.23 bits per heavy atom. The molecule has 0 aromatic carbocycles. The van der Waals surface area contributed by atoms with Crippen molar-refractivity contribution in [3.63, 3.8) is 0 Å². The molecule has 0 bridgehead atoms. The molecule has 0 saturated carbocycles. The van der Waals surface area contributed by atoms with Crippen LogP contribution >= 0.6 is 0 Å². The Balaban J connectivity index is 1.96. The zero-order valence-corrected chi connectivity index (χ0v) is 18.2. The normalized spacial score (nSPS) is 41.7. The van der Waals surface area contributed by atoms with Crippen LogP contribution in [0.3, 0.4) is 0 Å². The lowest BCUT2D eigenvalue weighted by atomic mass is 9.98. The van der Waals surface area contributed by atoms with Gasteiger partial charge in [-0.25, -0.2) is 0 Å². The highest BCUT2D eigenvalue weighted by Crippen LogP contribution is 2.26. The van der Waals surface area contributed by atoms with Crippen LogP contribution in [0.2, 0.25) is 0 Å². The van der Waals surface area contributed by atoms with Crippen LogP contribution in [0, 0.1) is 0 Å². The number of nitrogens with two attached hydrogens (primary N) is 1. The zero-order chi connectivity index (χ0) is 26.6. The van der Waals surface area contributed by atoms with Gasteiger partial charge in [0.25, 0.3) is 0 Å². The van der Waals surface area contributed by atoms with Gasteiger partial charge >= 0.3 is 0 Å². The molecule has 17 heteroatoms. The van der Waals surface area contributed by atoms with E-state index in [0.29, 0.717) is 0 Å². The summed E-state index contributed by atoms with van der Waals surface area (Å²) >= 11 is 0. The van der Waals surface area contributed by atoms with Gasteiger partial charge in [-0.15, -0.1) is 0 Å². The first-order valence-corrected chi connectivity index (χ1v) is 10.6. The highest BCUT2D eigenvalue weighted by Gasteiger charge is 2.47. The second kappa shape index (κ2) is 12.9. The molecule has 17 nitrogen and oxygen atoms in total. The van der Waals surface area contributed by atoms with Crippen LogP contribution in [0.25, 0.3) is 0 Å². The minimum absolute atomic E-state index is 0.623. The summed E-state index contributed by atoms with van der Waals surface area (Å²) < 4.78 is 20.8. The molecule has 2 heterocycles. The zero-order valence-electron chi connectivity index (χ0n) is 18.2. The maximum Gasteiger partial charge on any atom is 0.249 e. The Kier molecular flexibility index (Phi) is 11.1. The molecule has 2 saturated heterocycles. The first-order chi connectivity index (χ1) is 16.3. The van der Waals surface area contributed by atoms with Gasteiger partial charge in [-0.05, 0) is 0 Å². The molecule has 0 unspecified atom stereocenters. The van der Waals surface area contributed by atoms with Gasteiger partial charge in [0.1, 0.15) is 67.1 Å². The lowest BCUT2D eigenvalue weighted by Gasteiger charge is -2.42. The van der Waals surface area contributed by atoms with Crippen LogP contribution in [0.4, 0.5) is 0 Å². The quantitative estimate of drug-likeness (QED) is 0.121. The van der Waals surface area contributed by atoms with Gasteiger partial charge in [0.15, 0.2) is 18.7 Å². The summed E-state index contributed by atoms with van der Waals surface area (Å²) in [4.78, 5) is 10.9. The number of carbonyl (C=O) groups is 1. The van der Waals surface area contributed by atoms with E-state index in [2.05, 4.69) is 0 Å². The Labute approximate surface area is 198 Å². The maximum absolute atomic E-state index is 10.9. The third kappa shape index (κ3) is 7.01. The van der Waals surface area contributed by atoms with Crippen LogP contribution in [0.5, 0.6) is 0 Å². The molecule has 2 rings (SSSR count). The van der Waals surface area contributed by atoms with Crippen molar-refractivity contribution in [2.24, 2.45) is 5.73 Å². The van der Waals surface area contributed by atoms with E-state index in [1.165, 1.54) is 0 Å². The van der Waals surface area contributed by atoms with E-state index in [1.807, 2.05) is 0 Å². The van der Waals surface area contributed by atoms with E-state index in [1.54, 1.807) is 0 Å². The average molecular weight is 519 g/mol. The van der Waals surface area contributed by atoms with Crippen LogP contribution in [0.1, 0.15) is 0 Å². The Morgan fingerprint density at radius 3 is 1.74 bits per heavy atom. The van der Waals surface area contributed by atoms with E-state index in [9.17, 15) is 61.0 Å². The minimum Gasteiger partial charge on any atom is -0.394 e. The van der Waals surface area contributed by atoms with E-state index in [4.69, 9.17) is 24.7 Å². The van der Waals surface area contributed by atoms with Gasteiger partial charge in [-0.2, -0.15) is 0 Å². The molecule has 0 spiro atoms. The van der Waals surface area contributed by atoms with E-state index in [0.717, 1.165) is 0 Å². The molecule has 2 aliphatic rings. The lowest BCUT2D eigenvalue weighted by Crippen LogP contribution is -2.62. The molecule has 0 aromatic rings. The number of hydrogen-bond acceptors (Lipinski definition) is 16. The van der Waals surface area contributed by atoms with Gasteiger partial charge in [-0.1, -0.05) is 0 Å². The second-order valence-electron chi connectivity index (χ2n) is 8.27. The molecule has 2 aliphatic heterocycles. The van der Waals surface area contributed by atoms with E-state index >= 15 is 0 Å². The molecular weight excluding hydrogens is 486 g/mol. The van der Waals surface area contributed by atoms with Crippen molar-refractivity contribution in [2.45, 2.75) is 85.8 Å². The number of hydrogen-bond donors (Lipinski definition) is 12. The van der Waals surface area contributed by atoms with Crippen LogP contribution in [-0.2, 0) is 23.7 Å². The predicted molar refractivity (Wildman–Crippen MR) is 106 cm³/mol. The molecule has 0 radical (unpaired) electrons. The fraction of sp³-hybridized carbons (Fsp3) is 0.944. The number of ether oxygens (including phenoxy) is 4. The highest BCUT2D eigenvalue weighted by atomic mass is 16.7. The van der Waals surface area contributed by atoms with Crippen LogP contribution < -0.4 is 5.73 Å². The molecule has 1 amide bonds. The van der Waals surface area contributed by atoms with Gasteiger partial charge in [0.05, 0.1) is 19.8 Å². The minimum atomic E-state index is -2.20. The standard InChI is InChI=1S/C18H33NO16/c19-16(31)13(28)10(25)7(22)4(21)2-32-17-15(30)12(27)9(24)6(35-17)3-33-18-14(29)11(26)8(23)5(1-20)34-18/h4-15,17-18,20-30H,1-3H2,(H2,19,31)/t4-,5-,6-,7-,8-,9-,10+,11+,12+,13-,14-,15-,17+,18+/m1/s1. The topological polar surface area (TPSA) is 303 Å². The van der Waals surface area contributed by atoms with Gasteiger partial charge < -0.3 is 80.9 Å². The molecular formula is C18H33NO16. The Morgan fingerprint density at radius 1 is 0.743 bits per heavy atom. The number of amides is 1. The largest absolute Gasteiger partial charge is 0.394 e. The summed E-state index contributed by atoms with van der Waals surface area (Å²) in [5.74, 6) is -1.37. The first-order valence-electron chi connectivity index (χ1n) is 10.6. The molecule has 13 N–H and O–H groups in total. The Bertz CT molecular complexity index is 670. The molecule has 14 atom stereocenters. The molecule has 0 aromatic heterocycles. The number of rotatable bonds is 11. The molecule has 35 heavy (non-hydrogen) atoms. The monoisotopic (exact) mass is 519 g/mol. The average Bonchev–Trinajstić information content (AvgIpc) is 2.84. The molecule has 0 aliphatic carbocycles. The Hall–Kier alpha value is -1.13. The summed E-state index contributed by atoms with van der Waals surface area (Å²) in [7, 11) is 0. The van der Waals surface area contributed by atoms with Crippen molar-refractivity contribution in [2.75, 3.05) is 19.8 Å². The maximum atomic E-state index is 10.9. The van der Waals surface area contributed by atoms with E-state index in [-0.39, 0.29) is 0 Å². The third-order valence-electron chi connectivity index (χ3n) is 5.73.